The number of rotatable bonds is 3. The standard InChI is InChI=1S/C17H23F2N3O2/c1-12(23)22-8-7-21(9-13(10-22)17(24)20(2)3)11-14-15(18)5-4-6-16(14)19/h4-6,13H,7-11H2,1-3H3/t13-/m1/s1. The van der Waals surface area contributed by atoms with E-state index >= 15 is 0 Å². The molecule has 24 heavy (non-hydrogen) atoms. The Morgan fingerprint density at radius 3 is 2.33 bits per heavy atom. The Morgan fingerprint density at radius 2 is 1.79 bits per heavy atom. The molecule has 0 spiro atoms. The summed E-state index contributed by atoms with van der Waals surface area (Å²) in [6, 6.07) is 3.77. The van der Waals surface area contributed by atoms with Gasteiger partial charge in [0.1, 0.15) is 11.6 Å². The molecule has 1 aliphatic heterocycles. The first-order valence-corrected chi connectivity index (χ1v) is 7.91. The lowest BCUT2D eigenvalue weighted by Gasteiger charge is -2.26. The van der Waals surface area contributed by atoms with E-state index in [-0.39, 0.29) is 23.9 Å². The molecule has 1 atom stereocenters. The van der Waals surface area contributed by atoms with E-state index in [9.17, 15) is 18.4 Å². The van der Waals surface area contributed by atoms with Crippen LogP contribution in [0.3, 0.4) is 0 Å². The highest BCUT2D eigenvalue weighted by Gasteiger charge is 2.30. The molecule has 1 heterocycles. The second kappa shape index (κ2) is 7.70. The van der Waals surface area contributed by atoms with E-state index in [1.807, 2.05) is 4.90 Å². The Hall–Kier alpha value is -2.02. The van der Waals surface area contributed by atoms with E-state index in [1.165, 1.54) is 30.0 Å². The van der Waals surface area contributed by atoms with Crippen LogP contribution in [0.1, 0.15) is 12.5 Å². The summed E-state index contributed by atoms with van der Waals surface area (Å²) in [4.78, 5) is 29.0. The first kappa shape index (κ1) is 18.3. The first-order valence-electron chi connectivity index (χ1n) is 7.91. The van der Waals surface area contributed by atoms with Gasteiger partial charge in [-0.3, -0.25) is 14.5 Å². The molecule has 1 fully saturated rings. The highest BCUT2D eigenvalue weighted by molar-refractivity contribution is 5.80. The molecular formula is C17H23F2N3O2. The van der Waals surface area contributed by atoms with Crippen LogP contribution in [0.25, 0.3) is 0 Å². The normalized spacial score (nSPS) is 19.0. The minimum Gasteiger partial charge on any atom is -0.348 e. The van der Waals surface area contributed by atoms with Gasteiger partial charge in [0, 0.05) is 59.3 Å². The Morgan fingerprint density at radius 1 is 1.17 bits per heavy atom. The smallest absolute Gasteiger partial charge is 0.228 e. The second-order valence-electron chi connectivity index (χ2n) is 6.33. The third-order valence-corrected chi connectivity index (χ3v) is 4.28. The van der Waals surface area contributed by atoms with Crippen LogP contribution in [-0.4, -0.2) is 66.8 Å². The summed E-state index contributed by atoms with van der Waals surface area (Å²) in [6.07, 6.45) is 0. The summed E-state index contributed by atoms with van der Waals surface area (Å²) in [6.45, 7) is 3.11. The SMILES string of the molecule is CC(=O)N1CCN(Cc2c(F)cccc2F)C[C@@H](C(=O)N(C)C)C1. The van der Waals surface area contributed by atoms with Gasteiger partial charge in [-0.2, -0.15) is 0 Å². The third-order valence-electron chi connectivity index (χ3n) is 4.28. The molecule has 0 radical (unpaired) electrons. The summed E-state index contributed by atoms with van der Waals surface area (Å²) < 4.78 is 27.8. The van der Waals surface area contributed by atoms with Crippen LogP contribution in [0.2, 0.25) is 0 Å². The van der Waals surface area contributed by atoms with E-state index in [0.717, 1.165) is 0 Å². The first-order chi connectivity index (χ1) is 11.3. The molecule has 1 aromatic rings. The zero-order valence-electron chi connectivity index (χ0n) is 14.3. The summed E-state index contributed by atoms with van der Waals surface area (Å²) in [5, 5.41) is 0. The van der Waals surface area contributed by atoms with Crippen molar-refractivity contribution in [1.82, 2.24) is 14.7 Å². The Bertz CT molecular complexity index is 602. The van der Waals surface area contributed by atoms with E-state index in [0.29, 0.717) is 26.2 Å². The molecule has 5 nitrogen and oxygen atoms in total. The fourth-order valence-electron chi connectivity index (χ4n) is 2.94. The van der Waals surface area contributed by atoms with Crippen LogP contribution in [-0.2, 0) is 16.1 Å². The molecule has 1 aliphatic rings. The lowest BCUT2D eigenvalue weighted by atomic mass is 10.1. The lowest BCUT2D eigenvalue weighted by molar-refractivity contribution is -0.135. The number of hydrogen-bond donors (Lipinski definition) is 0. The van der Waals surface area contributed by atoms with Crippen molar-refractivity contribution in [2.24, 2.45) is 5.92 Å². The largest absolute Gasteiger partial charge is 0.348 e. The summed E-state index contributed by atoms with van der Waals surface area (Å²) in [7, 11) is 3.32. The van der Waals surface area contributed by atoms with Crippen LogP contribution in [0.15, 0.2) is 18.2 Å². The zero-order chi connectivity index (χ0) is 17.9. The van der Waals surface area contributed by atoms with Crippen molar-refractivity contribution >= 4 is 11.8 Å². The minimum atomic E-state index is -0.599. The fraction of sp³-hybridized carbons (Fsp3) is 0.529. The molecule has 1 saturated heterocycles. The van der Waals surface area contributed by atoms with Gasteiger partial charge < -0.3 is 9.80 Å². The lowest BCUT2D eigenvalue weighted by Crippen LogP contribution is -2.41. The maximum absolute atomic E-state index is 13.9. The summed E-state index contributed by atoms with van der Waals surface area (Å²) in [5.41, 5.74) is -0.00942. The van der Waals surface area contributed by atoms with Crippen LogP contribution < -0.4 is 0 Å². The van der Waals surface area contributed by atoms with Crippen molar-refractivity contribution in [1.29, 1.82) is 0 Å². The van der Waals surface area contributed by atoms with Gasteiger partial charge in [0.25, 0.3) is 0 Å². The van der Waals surface area contributed by atoms with Crippen molar-refractivity contribution in [2.45, 2.75) is 13.5 Å². The molecular weight excluding hydrogens is 316 g/mol. The maximum atomic E-state index is 13.9. The number of halogens is 2. The molecule has 2 amide bonds. The molecule has 132 valence electrons. The van der Waals surface area contributed by atoms with Gasteiger partial charge in [-0.15, -0.1) is 0 Å². The van der Waals surface area contributed by atoms with E-state index in [2.05, 4.69) is 0 Å². The number of carbonyl (C=O) groups is 2. The summed E-state index contributed by atoms with van der Waals surface area (Å²) >= 11 is 0. The van der Waals surface area contributed by atoms with Crippen LogP contribution in [0, 0.1) is 17.6 Å². The Balaban J connectivity index is 2.20. The monoisotopic (exact) mass is 339 g/mol. The molecule has 0 aromatic heterocycles. The van der Waals surface area contributed by atoms with Crippen LogP contribution in [0.5, 0.6) is 0 Å². The summed E-state index contributed by atoms with van der Waals surface area (Å²) in [5.74, 6) is -1.81. The van der Waals surface area contributed by atoms with Crippen LogP contribution >= 0.6 is 0 Å². The topological polar surface area (TPSA) is 43.9 Å². The highest BCUT2D eigenvalue weighted by Crippen LogP contribution is 2.18. The third kappa shape index (κ3) is 4.29. The van der Waals surface area contributed by atoms with Gasteiger partial charge in [0.15, 0.2) is 0 Å². The molecule has 7 heteroatoms. The van der Waals surface area contributed by atoms with Crippen molar-refractivity contribution in [2.75, 3.05) is 40.3 Å². The zero-order valence-corrected chi connectivity index (χ0v) is 14.3. The predicted molar refractivity (Wildman–Crippen MR) is 86.1 cm³/mol. The van der Waals surface area contributed by atoms with E-state index < -0.39 is 17.6 Å². The fourth-order valence-corrected chi connectivity index (χ4v) is 2.94. The predicted octanol–water partition coefficient (Wildman–Crippen LogP) is 1.33. The Labute approximate surface area is 140 Å². The average molecular weight is 339 g/mol. The van der Waals surface area contributed by atoms with Gasteiger partial charge in [0.2, 0.25) is 11.8 Å². The molecule has 0 unspecified atom stereocenters. The van der Waals surface area contributed by atoms with Crippen molar-refractivity contribution < 1.29 is 18.4 Å². The molecule has 1 aromatic carbocycles. The van der Waals surface area contributed by atoms with Gasteiger partial charge in [-0.05, 0) is 12.1 Å². The average Bonchev–Trinajstić information content (AvgIpc) is 2.73. The highest BCUT2D eigenvalue weighted by atomic mass is 19.1. The van der Waals surface area contributed by atoms with E-state index in [4.69, 9.17) is 0 Å². The quantitative estimate of drug-likeness (QED) is 0.835. The molecule has 0 saturated carbocycles. The molecule has 0 bridgehead atoms. The van der Waals surface area contributed by atoms with Crippen molar-refractivity contribution in [3.63, 3.8) is 0 Å². The van der Waals surface area contributed by atoms with Gasteiger partial charge >= 0.3 is 0 Å². The van der Waals surface area contributed by atoms with Gasteiger partial charge in [-0.1, -0.05) is 6.07 Å². The molecule has 0 N–H and O–H groups in total. The second-order valence-corrected chi connectivity index (χ2v) is 6.33. The molecule has 2 rings (SSSR count). The van der Waals surface area contributed by atoms with E-state index in [1.54, 1.807) is 19.0 Å². The van der Waals surface area contributed by atoms with Gasteiger partial charge in [0.05, 0.1) is 5.92 Å². The van der Waals surface area contributed by atoms with Crippen molar-refractivity contribution in [3.8, 4) is 0 Å². The maximum Gasteiger partial charge on any atom is 0.228 e. The number of amides is 2. The minimum absolute atomic E-state index is 0.00942. The number of hydrogen-bond acceptors (Lipinski definition) is 3. The number of carbonyl (C=O) groups excluding carboxylic acids is 2. The number of nitrogens with zero attached hydrogens (tertiary/aromatic N) is 3. The van der Waals surface area contributed by atoms with Crippen molar-refractivity contribution in [3.05, 3.63) is 35.4 Å². The van der Waals surface area contributed by atoms with Gasteiger partial charge in [-0.25, -0.2) is 8.78 Å². The molecule has 0 aliphatic carbocycles. The van der Waals surface area contributed by atoms with Crippen LogP contribution in [0.4, 0.5) is 8.78 Å². The number of benzene rings is 1. The Kier molecular flexibility index (Phi) is 5.88.